The molecule has 2 aliphatic heterocycles. The zero-order valence-corrected chi connectivity index (χ0v) is 36.4. The van der Waals surface area contributed by atoms with Gasteiger partial charge in [0.1, 0.15) is 12.6 Å². The molecule has 0 radical (unpaired) electrons. The molecule has 0 spiro atoms. The third-order valence-electron chi connectivity index (χ3n) is 12.2. The third-order valence-corrected chi connectivity index (χ3v) is 12.2. The predicted octanol–water partition coefficient (Wildman–Crippen LogP) is 5.24. The quantitative estimate of drug-likeness (QED) is 0.0590. The number of methoxy groups -OCH3 is 6. The van der Waals surface area contributed by atoms with Crippen molar-refractivity contribution in [3.8, 4) is 34.5 Å². The van der Waals surface area contributed by atoms with Gasteiger partial charge >= 0.3 is 11.9 Å². The van der Waals surface area contributed by atoms with E-state index in [1.807, 2.05) is 36.4 Å². The normalized spacial score (nSPS) is 18.1. The second-order valence-electron chi connectivity index (χ2n) is 15.9. The van der Waals surface area contributed by atoms with Crippen LogP contribution in [0.5, 0.6) is 34.5 Å². The molecule has 2 heterocycles. The summed E-state index contributed by atoms with van der Waals surface area (Å²) < 4.78 is 46.0. The molecule has 1 saturated heterocycles. The Labute approximate surface area is 354 Å². The Hall–Kier alpha value is -5.02. The Morgan fingerprint density at radius 1 is 0.650 bits per heavy atom. The lowest BCUT2D eigenvalue weighted by atomic mass is 9.84. The van der Waals surface area contributed by atoms with Gasteiger partial charge in [0, 0.05) is 61.8 Å². The van der Waals surface area contributed by atoms with Gasteiger partial charge in [-0.15, -0.1) is 0 Å². The second-order valence-corrected chi connectivity index (χ2v) is 15.9. The van der Waals surface area contributed by atoms with Crippen molar-refractivity contribution in [2.45, 2.75) is 64.3 Å². The van der Waals surface area contributed by atoms with Gasteiger partial charge in [-0.2, -0.15) is 0 Å². The van der Waals surface area contributed by atoms with Crippen LogP contribution in [-0.4, -0.2) is 127 Å². The van der Waals surface area contributed by atoms with E-state index < -0.39 is 11.9 Å². The van der Waals surface area contributed by atoms with Crippen LogP contribution in [0.4, 0.5) is 0 Å². The number of carbonyl (C=O) groups is 2. The van der Waals surface area contributed by atoms with E-state index in [9.17, 15) is 19.8 Å². The lowest BCUT2D eigenvalue weighted by Gasteiger charge is -2.46. The molecule has 328 valence electrons. The molecule has 14 nitrogen and oxygen atoms in total. The molecule has 0 aliphatic carbocycles. The molecule has 2 aliphatic rings. The Morgan fingerprint density at radius 3 is 1.62 bits per heavy atom. The predicted molar refractivity (Wildman–Crippen MR) is 225 cm³/mol. The highest BCUT2D eigenvalue weighted by molar-refractivity contribution is 5.91. The molecule has 5 rings (SSSR count). The van der Waals surface area contributed by atoms with Crippen molar-refractivity contribution in [1.29, 1.82) is 0 Å². The van der Waals surface area contributed by atoms with Gasteiger partial charge in [0.25, 0.3) is 0 Å². The van der Waals surface area contributed by atoms with Gasteiger partial charge in [-0.05, 0) is 52.6 Å². The van der Waals surface area contributed by atoms with Gasteiger partial charge in [0.15, 0.2) is 23.0 Å². The average Bonchev–Trinajstić information content (AvgIpc) is 3.73. The Bertz CT molecular complexity index is 1910. The number of hydrogen-bond acceptors (Lipinski definition) is 12. The lowest BCUT2D eigenvalue weighted by molar-refractivity contribution is -0.941. The molecular formula is C46H64N2O12+2. The van der Waals surface area contributed by atoms with Gasteiger partial charge in [0.2, 0.25) is 11.5 Å². The molecule has 3 aromatic carbocycles. The van der Waals surface area contributed by atoms with E-state index in [0.29, 0.717) is 70.4 Å². The first kappa shape index (κ1) is 46.1. The van der Waals surface area contributed by atoms with Crippen molar-refractivity contribution in [2.75, 3.05) is 95.6 Å². The zero-order chi connectivity index (χ0) is 43.3. The first-order valence-corrected chi connectivity index (χ1v) is 20.6. The van der Waals surface area contributed by atoms with Gasteiger partial charge < -0.3 is 57.1 Å². The first-order valence-electron chi connectivity index (χ1n) is 20.6. The number of fused-ring (bicyclic) bond motifs is 1. The Balaban J connectivity index is 1.15. The van der Waals surface area contributed by atoms with Crippen molar-refractivity contribution < 1.29 is 66.7 Å². The molecule has 3 aromatic rings. The summed E-state index contributed by atoms with van der Waals surface area (Å²) in [7, 11) is 11.8. The molecule has 2 atom stereocenters. The number of hydrogen-bond donors (Lipinski definition) is 2. The Kier molecular flexibility index (Phi) is 16.5. The summed E-state index contributed by atoms with van der Waals surface area (Å²) >= 11 is 0. The molecule has 0 unspecified atom stereocenters. The minimum Gasteiger partial charge on any atom is -0.493 e. The summed E-state index contributed by atoms with van der Waals surface area (Å²) in [5.74, 6) is 2.27. The molecule has 1 fully saturated rings. The molecule has 14 heteroatoms. The van der Waals surface area contributed by atoms with Gasteiger partial charge in [-0.1, -0.05) is 6.07 Å². The van der Waals surface area contributed by atoms with E-state index in [4.69, 9.17) is 37.9 Å². The average molecular weight is 837 g/mol. The number of likely N-dealkylation sites (N-methyl/N-ethyl adjacent to an activating group) is 1. The molecule has 60 heavy (non-hydrogen) atoms. The van der Waals surface area contributed by atoms with Crippen LogP contribution in [0, 0.1) is 0 Å². The van der Waals surface area contributed by atoms with Crippen LogP contribution in [0.1, 0.15) is 65.1 Å². The fraction of sp³-hybridized carbons (Fsp3) is 0.522. The van der Waals surface area contributed by atoms with Crippen molar-refractivity contribution in [2.24, 2.45) is 0 Å². The number of aliphatic hydroxyl groups excluding tert-OH is 2. The molecule has 0 bridgehead atoms. The highest BCUT2D eigenvalue weighted by Crippen LogP contribution is 2.43. The highest BCUT2D eigenvalue weighted by atomic mass is 16.5. The number of benzene rings is 3. The smallest absolute Gasteiger partial charge is 0.331 e. The number of rotatable bonds is 22. The third kappa shape index (κ3) is 11.0. The summed E-state index contributed by atoms with van der Waals surface area (Å²) in [6.45, 7) is 5.30. The fourth-order valence-corrected chi connectivity index (χ4v) is 9.01. The second kappa shape index (κ2) is 21.5. The number of carbonyl (C=O) groups excluding carboxylic acids is 2. The molecule has 0 aromatic heterocycles. The van der Waals surface area contributed by atoms with E-state index in [2.05, 4.69) is 7.05 Å². The summed E-state index contributed by atoms with van der Waals surface area (Å²) in [5, 5.41) is 20.2. The van der Waals surface area contributed by atoms with Crippen LogP contribution >= 0.6 is 0 Å². The summed E-state index contributed by atoms with van der Waals surface area (Å²) in [6.07, 6.45) is 7.19. The molecule has 0 saturated carbocycles. The van der Waals surface area contributed by atoms with E-state index >= 15 is 0 Å². The van der Waals surface area contributed by atoms with Gasteiger partial charge in [-0.3, -0.25) is 0 Å². The number of esters is 2. The first-order chi connectivity index (χ1) is 29.0. The lowest BCUT2D eigenvalue weighted by Crippen LogP contribution is -2.52. The standard InChI is InChI=1S/C46H64N2O12/c1-47(19-14-34-27-35(30-49)36(31-50)28-37(34)38(47)22-32-23-39(53-2)45(57-6)40(24-32)54-3)15-10-20-59-43(51)12-13-44(52)60-21-11-18-48(16-8-9-17-48)29-33-25-41(55-4)46(58-7)42(26-33)56-5/h12-13,23-28,38,49-50H,8-11,14-22,29-31H2,1-7H3/q+2/t38-,47-/m1/s1. The zero-order valence-electron chi connectivity index (χ0n) is 36.4. The maximum absolute atomic E-state index is 12.7. The van der Waals surface area contributed by atoms with Crippen LogP contribution in [0.3, 0.4) is 0 Å². The largest absolute Gasteiger partial charge is 0.493 e. The monoisotopic (exact) mass is 836 g/mol. The molecule has 2 N–H and O–H groups in total. The van der Waals surface area contributed by atoms with Crippen LogP contribution in [0.15, 0.2) is 48.6 Å². The van der Waals surface area contributed by atoms with E-state index in [1.54, 1.807) is 42.7 Å². The van der Waals surface area contributed by atoms with Crippen molar-refractivity contribution in [3.05, 3.63) is 81.9 Å². The SMILES string of the molecule is COc1cc(C[C@@H]2c3cc(CO)c(CO)cc3CC[N@@+]2(C)CCCOC(=O)C=CC(=O)OCCC[N+]2(Cc3cc(OC)c(OC)c(OC)c3)CCCC2)cc(OC)c1OC. The van der Waals surface area contributed by atoms with Crippen molar-refractivity contribution in [3.63, 3.8) is 0 Å². The van der Waals surface area contributed by atoms with Crippen LogP contribution in [-0.2, 0) is 51.7 Å². The summed E-state index contributed by atoms with van der Waals surface area (Å²) in [5.41, 5.74) is 5.74. The number of ether oxygens (including phenoxy) is 8. The number of nitrogens with zero attached hydrogens (tertiary/aromatic N) is 2. The fourth-order valence-electron chi connectivity index (χ4n) is 9.01. The van der Waals surface area contributed by atoms with E-state index in [-0.39, 0.29) is 32.5 Å². The number of quaternary nitrogens is 2. The minimum absolute atomic E-state index is 0.0308. The van der Waals surface area contributed by atoms with Gasteiger partial charge in [-0.25, -0.2) is 9.59 Å². The van der Waals surface area contributed by atoms with E-state index in [1.165, 1.54) is 0 Å². The number of likely N-dealkylation sites (tertiary alicyclic amines) is 1. The minimum atomic E-state index is -0.608. The van der Waals surface area contributed by atoms with Crippen molar-refractivity contribution >= 4 is 11.9 Å². The van der Waals surface area contributed by atoms with E-state index in [0.717, 1.165) is 96.4 Å². The maximum Gasteiger partial charge on any atom is 0.331 e. The highest BCUT2D eigenvalue weighted by Gasteiger charge is 2.40. The van der Waals surface area contributed by atoms with Crippen LogP contribution in [0.25, 0.3) is 0 Å². The Morgan fingerprint density at radius 2 is 1.13 bits per heavy atom. The van der Waals surface area contributed by atoms with Gasteiger partial charge in [0.05, 0.1) is 109 Å². The number of aliphatic hydroxyl groups is 2. The van der Waals surface area contributed by atoms with Crippen LogP contribution < -0.4 is 28.4 Å². The molecular weight excluding hydrogens is 773 g/mol. The maximum atomic E-state index is 12.7. The summed E-state index contributed by atoms with van der Waals surface area (Å²) in [4.78, 5) is 25.2. The molecule has 0 amide bonds. The topological polar surface area (TPSA) is 148 Å². The van der Waals surface area contributed by atoms with Crippen molar-refractivity contribution in [1.82, 2.24) is 0 Å². The summed E-state index contributed by atoms with van der Waals surface area (Å²) in [6, 6.07) is 11.9. The van der Waals surface area contributed by atoms with Crippen LogP contribution in [0.2, 0.25) is 0 Å².